The van der Waals surface area contributed by atoms with E-state index < -0.39 is 0 Å². The fourth-order valence-electron chi connectivity index (χ4n) is 2.55. The van der Waals surface area contributed by atoms with Crippen molar-refractivity contribution in [1.82, 2.24) is 4.57 Å². The minimum absolute atomic E-state index is 0.387. The number of amides is 1. The van der Waals surface area contributed by atoms with Crippen molar-refractivity contribution >= 4 is 5.91 Å². The molecule has 0 aliphatic carbocycles. The topological polar surface area (TPSA) is 48.0 Å². The molecule has 1 aromatic carbocycles. The van der Waals surface area contributed by atoms with Gasteiger partial charge in [0, 0.05) is 23.5 Å². The molecule has 0 bridgehead atoms. The van der Waals surface area contributed by atoms with Crippen molar-refractivity contribution in [3.05, 3.63) is 59.9 Å². The number of benzene rings is 1. The molecule has 0 radical (unpaired) electrons. The van der Waals surface area contributed by atoms with Crippen molar-refractivity contribution in [1.29, 1.82) is 0 Å². The summed E-state index contributed by atoms with van der Waals surface area (Å²) < 4.78 is 2.06. The molecule has 2 aromatic rings. The first-order valence-electron chi connectivity index (χ1n) is 6.23. The molecule has 0 aliphatic heterocycles. The zero-order valence-corrected chi connectivity index (χ0v) is 11.3. The van der Waals surface area contributed by atoms with Crippen molar-refractivity contribution in [3.8, 4) is 11.1 Å². The lowest BCUT2D eigenvalue weighted by Crippen LogP contribution is -2.13. The van der Waals surface area contributed by atoms with Gasteiger partial charge in [-0.2, -0.15) is 0 Å². The van der Waals surface area contributed by atoms with Crippen LogP contribution in [0.15, 0.2) is 43.0 Å². The van der Waals surface area contributed by atoms with Gasteiger partial charge in [-0.15, -0.1) is 6.58 Å². The zero-order valence-electron chi connectivity index (χ0n) is 11.3. The van der Waals surface area contributed by atoms with Crippen LogP contribution in [0.4, 0.5) is 0 Å². The highest BCUT2D eigenvalue weighted by Gasteiger charge is 2.21. The van der Waals surface area contributed by atoms with Gasteiger partial charge in [0.15, 0.2) is 0 Å². The monoisotopic (exact) mass is 254 g/mol. The Labute approximate surface area is 113 Å². The molecule has 1 heterocycles. The van der Waals surface area contributed by atoms with E-state index in [1.807, 2.05) is 50.3 Å². The first kappa shape index (κ1) is 13.1. The predicted octanol–water partition coefficient (Wildman–Crippen LogP) is 3.06. The minimum atomic E-state index is -0.387. The van der Waals surface area contributed by atoms with Gasteiger partial charge in [-0.25, -0.2) is 0 Å². The van der Waals surface area contributed by atoms with Gasteiger partial charge in [0.2, 0.25) is 0 Å². The van der Waals surface area contributed by atoms with Gasteiger partial charge in [-0.1, -0.05) is 36.4 Å². The molecule has 2 rings (SSSR count). The van der Waals surface area contributed by atoms with Crippen LogP contribution in [0, 0.1) is 13.8 Å². The normalized spacial score (nSPS) is 10.4. The Bertz CT molecular complexity index is 624. The van der Waals surface area contributed by atoms with Crippen LogP contribution < -0.4 is 5.73 Å². The summed E-state index contributed by atoms with van der Waals surface area (Å²) in [4.78, 5) is 11.8. The first-order chi connectivity index (χ1) is 9.07. The molecular weight excluding hydrogens is 236 g/mol. The molecule has 3 heteroatoms. The number of aromatic nitrogens is 1. The molecule has 3 nitrogen and oxygen atoms in total. The highest BCUT2D eigenvalue weighted by atomic mass is 16.1. The van der Waals surface area contributed by atoms with Crippen LogP contribution in [0.3, 0.4) is 0 Å². The van der Waals surface area contributed by atoms with E-state index in [1.165, 1.54) is 0 Å². The van der Waals surface area contributed by atoms with E-state index in [4.69, 9.17) is 5.73 Å². The molecule has 19 heavy (non-hydrogen) atoms. The Morgan fingerprint density at radius 2 is 1.89 bits per heavy atom. The number of hydrogen-bond donors (Lipinski definition) is 1. The quantitative estimate of drug-likeness (QED) is 0.837. The van der Waals surface area contributed by atoms with E-state index in [2.05, 4.69) is 11.1 Å². The largest absolute Gasteiger partial charge is 0.366 e. The van der Waals surface area contributed by atoms with Gasteiger partial charge >= 0.3 is 0 Å². The molecule has 0 unspecified atom stereocenters. The van der Waals surface area contributed by atoms with Gasteiger partial charge < -0.3 is 10.3 Å². The molecule has 0 fully saturated rings. The first-order valence-corrected chi connectivity index (χ1v) is 6.23. The minimum Gasteiger partial charge on any atom is -0.366 e. The van der Waals surface area contributed by atoms with Crippen LogP contribution >= 0.6 is 0 Å². The summed E-state index contributed by atoms with van der Waals surface area (Å²) in [6.07, 6.45) is 1.82. The molecule has 0 saturated heterocycles. The highest BCUT2D eigenvalue weighted by Crippen LogP contribution is 2.32. The van der Waals surface area contributed by atoms with Crippen LogP contribution in [-0.4, -0.2) is 10.5 Å². The number of hydrogen-bond acceptors (Lipinski definition) is 1. The van der Waals surface area contributed by atoms with Crippen LogP contribution in [0.5, 0.6) is 0 Å². The Balaban J connectivity index is 2.75. The maximum absolute atomic E-state index is 11.8. The number of primary amides is 1. The Morgan fingerprint density at radius 3 is 2.42 bits per heavy atom. The van der Waals surface area contributed by atoms with E-state index >= 15 is 0 Å². The van der Waals surface area contributed by atoms with Gasteiger partial charge in [-0.05, 0) is 19.4 Å². The number of nitrogens with zero attached hydrogens (tertiary/aromatic N) is 1. The number of allylic oxidation sites excluding steroid dienone is 1. The molecule has 0 spiro atoms. The molecule has 2 N–H and O–H groups in total. The summed E-state index contributed by atoms with van der Waals surface area (Å²) in [6, 6.07) is 9.86. The van der Waals surface area contributed by atoms with Gasteiger partial charge in [0.1, 0.15) is 0 Å². The summed E-state index contributed by atoms with van der Waals surface area (Å²) in [5.41, 5.74) is 10.0. The van der Waals surface area contributed by atoms with Crippen molar-refractivity contribution in [2.75, 3.05) is 0 Å². The molecule has 0 atom stereocenters. The summed E-state index contributed by atoms with van der Waals surface area (Å²) >= 11 is 0. The van der Waals surface area contributed by atoms with Crippen molar-refractivity contribution in [2.24, 2.45) is 5.73 Å². The molecule has 1 amide bonds. The number of carbonyl (C=O) groups excluding carboxylic acids is 1. The van der Waals surface area contributed by atoms with E-state index in [1.54, 1.807) is 0 Å². The third kappa shape index (κ3) is 2.19. The Kier molecular flexibility index (Phi) is 3.56. The third-order valence-corrected chi connectivity index (χ3v) is 3.40. The van der Waals surface area contributed by atoms with Gasteiger partial charge in [0.05, 0.1) is 5.56 Å². The van der Waals surface area contributed by atoms with Gasteiger partial charge in [-0.3, -0.25) is 4.79 Å². The summed E-state index contributed by atoms with van der Waals surface area (Å²) in [5, 5.41) is 0. The molecular formula is C16H18N2O. The molecule has 1 aromatic heterocycles. The van der Waals surface area contributed by atoms with Crippen molar-refractivity contribution in [3.63, 3.8) is 0 Å². The van der Waals surface area contributed by atoms with Gasteiger partial charge in [0.25, 0.3) is 5.91 Å². The van der Waals surface area contributed by atoms with E-state index in [0.717, 1.165) is 22.5 Å². The van der Waals surface area contributed by atoms with Crippen LogP contribution in [-0.2, 0) is 6.54 Å². The highest BCUT2D eigenvalue weighted by molar-refractivity contribution is 6.02. The van der Waals surface area contributed by atoms with E-state index in [9.17, 15) is 4.79 Å². The second kappa shape index (κ2) is 5.14. The van der Waals surface area contributed by atoms with Crippen LogP contribution in [0.25, 0.3) is 11.1 Å². The lowest BCUT2D eigenvalue weighted by atomic mass is 10.0. The van der Waals surface area contributed by atoms with Crippen LogP contribution in [0.1, 0.15) is 21.7 Å². The Hall–Kier alpha value is -2.29. The number of nitrogens with two attached hydrogens (primary N) is 1. The zero-order chi connectivity index (χ0) is 14.0. The van der Waals surface area contributed by atoms with Crippen molar-refractivity contribution < 1.29 is 4.79 Å². The summed E-state index contributed by atoms with van der Waals surface area (Å²) in [5.74, 6) is -0.387. The maximum Gasteiger partial charge on any atom is 0.251 e. The summed E-state index contributed by atoms with van der Waals surface area (Å²) in [7, 11) is 0. The second-order valence-corrected chi connectivity index (χ2v) is 4.55. The lowest BCUT2D eigenvalue weighted by Gasteiger charge is -2.06. The van der Waals surface area contributed by atoms with Crippen molar-refractivity contribution in [2.45, 2.75) is 20.4 Å². The molecule has 0 saturated carbocycles. The summed E-state index contributed by atoms with van der Waals surface area (Å²) in [6.45, 7) is 8.35. The average molecular weight is 254 g/mol. The fraction of sp³-hybridized carbons (Fsp3) is 0.188. The Morgan fingerprint density at radius 1 is 1.26 bits per heavy atom. The third-order valence-electron chi connectivity index (χ3n) is 3.40. The molecule has 0 aliphatic rings. The smallest absolute Gasteiger partial charge is 0.251 e. The average Bonchev–Trinajstić information content (AvgIpc) is 2.64. The molecule has 98 valence electrons. The predicted molar refractivity (Wildman–Crippen MR) is 78.1 cm³/mol. The SMILES string of the molecule is C=CCn1c(C)c(C(N)=O)c(-c2ccccc2)c1C. The second-order valence-electron chi connectivity index (χ2n) is 4.55. The fourth-order valence-corrected chi connectivity index (χ4v) is 2.55. The lowest BCUT2D eigenvalue weighted by molar-refractivity contribution is 0.1000. The number of carbonyl (C=O) groups is 1. The van der Waals surface area contributed by atoms with E-state index in [0.29, 0.717) is 12.1 Å². The standard InChI is InChI=1S/C16H18N2O/c1-4-10-18-11(2)14(13-8-6-5-7-9-13)15(12(18)3)16(17)19/h4-9H,1,10H2,2-3H3,(H2,17,19). The van der Waals surface area contributed by atoms with E-state index in [-0.39, 0.29) is 5.91 Å². The maximum atomic E-state index is 11.8. The van der Waals surface area contributed by atoms with Crippen LogP contribution in [0.2, 0.25) is 0 Å². The number of rotatable bonds is 4.